The molecular formula is C12H16ClNO4. The first-order chi connectivity index (χ1) is 8.60. The van der Waals surface area contributed by atoms with Gasteiger partial charge in [0.15, 0.2) is 0 Å². The topological polar surface area (TPSA) is 79.7 Å². The van der Waals surface area contributed by atoms with Crippen molar-refractivity contribution in [2.45, 2.75) is 25.6 Å². The second-order valence-corrected chi connectivity index (χ2v) is 4.04. The summed E-state index contributed by atoms with van der Waals surface area (Å²) in [5, 5.41) is 19.4. The molecule has 100 valence electrons. The Kier molecular flexibility index (Phi) is 6.04. The molecule has 0 aliphatic carbocycles. The van der Waals surface area contributed by atoms with Crippen LogP contribution in [0, 0.1) is 0 Å². The Balaban J connectivity index is 2.84. The van der Waals surface area contributed by atoms with E-state index in [9.17, 15) is 15.0 Å². The molecule has 0 fully saturated rings. The molecule has 0 radical (unpaired) electrons. The molecular weight excluding hydrogens is 258 g/mol. The van der Waals surface area contributed by atoms with Crippen molar-refractivity contribution in [2.24, 2.45) is 0 Å². The van der Waals surface area contributed by atoms with Gasteiger partial charge in [-0.15, -0.1) is 11.6 Å². The molecule has 5 nitrogen and oxygen atoms in total. The van der Waals surface area contributed by atoms with Crippen LogP contribution >= 0.6 is 11.6 Å². The Morgan fingerprint density at radius 3 is 2.83 bits per heavy atom. The number of hydrogen-bond acceptors (Lipinski definition) is 5. The fraction of sp³-hybridized carbons (Fsp3) is 0.500. The van der Waals surface area contributed by atoms with Crippen molar-refractivity contribution in [3.05, 3.63) is 29.6 Å². The van der Waals surface area contributed by atoms with Crippen molar-refractivity contribution in [2.75, 3.05) is 12.5 Å². The summed E-state index contributed by atoms with van der Waals surface area (Å²) in [6.45, 7) is 1.95. The van der Waals surface area contributed by atoms with Gasteiger partial charge in [-0.1, -0.05) is 6.07 Å². The lowest BCUT2D eigenvalue weighted by Gasteiger charge is -2.16. The maximum atomic E-state index is 11.5. The summed E-state index contributed by atoms with van der Waals surface area (Å²) in [7, 11) is 0. The van der Waals surface area contributed by atoms with Crippen LogP contribution in [0.3, 0.4) is 0 Å². The first-order valence-corrected chi connectivity index (χ1v) is 6.19. The van der Waals surface area contributed by atoms with E-state index in [0.717, 1.165) is 0 Å². The van der Waals surface area contributed by atoms with Crippen molar-refractivity contribution < 1.29 is 19.7 Å². The minimum Gasteiger partial charge on any atom is -0.461 e. The maximum absolute atomic E-state index is 11.5. The van der Waals surface area contributed by atoms with Gasteiger partial charge in [0, 0.05) is 5.88 Å². The zero-order chi connectivity index (χ0) is 13.5. The van der Waals surface area contributed by atoms with Crippen LogP contribution in [0.25, 0.3) is 0 Å². The summed E-state index contributed by atoms with van der Waals surface area (Å²) in [5.41, 5.74) is 0.324. The predicted molar refractivity (Wildman–Crippen MR) is 66.5 cm³/mol. The zero-order valence-corrected chi connectivity index (χ0v) is 10.8. The standard InChI is InChI=1S/C12H16ClNO4/c1-2-18-12(17)9-5-3-4-8(14-9)11(16)10(15)6-7-13/h3-5,10-11,15-16H,2,6-7H2,1H3. The van der Waals surface area contributed by atoms with E-state index in [1.165, 1.54) is 12.1 Å². The van der Waals surface area contributed by atoms with Gasteiger partial charge in [0.2, 0.25) is 0 Å². The van der Waals surface area contributed by atoms with Gasteiger partial charge >= 0.3 is 5.97 Å². The highest BCUT2D eigenvalue weighted by Crippen LogP contribution is 2.17. The zero-order valence-electron chi connectivity index (χ0n) is 10.0. The van der Waals surface area contributed by atoms with Gasteiger partial charge in [0.25, 0.3) is 0 Å². The second-order valence-electron chi connectivity index (χ2n) is 3.66. The number of alkyl halides is 1. The highest BCUT2D eigenvalue weighted by molar-refractivity contribution is 6.17. The Bertz CT molecular complexity index is 399. The fourth-order valence-electron chi connectivity index (χ4n) is 1.40. The highest BCUT2D eigenvalue weighted by atomic mass is 35.5. The summed E-state index contributed by atoms with van der Waals surface area (Å²) in [4.78, 5) is 15.4. The Hall–Kier alpha value is -1.17. The highest BCUT2D eigenvalue weighted by Gasteiger charge is 2.20. The number of hydrogen-bond donors (Lipinski definition) is 2. The smallest absolute Gasteiger partial charge is 0.356 e. The molecule has 0 spiro atoms. The average molecular weight is 274 g/mol. The molecule has 2 atom stereocenters. The van der Waals surface area contributed by atoms with Crippen LogP contribution in [0.4, 0.5) is 0 Å². The number of aliphatic hydroxyl groups excluding tert-OH is 2. The Morgan fingerprint density at radius 2 is 2.22 bits per heavy atom. The van der Waals surface area contributed by atoms with Crippen molar-refractivity contribution in [1.82, 2.24) is 4.98 Å². The summed E-state index contributed by atoms with van der Waals surface area (Å²) >= 11 is 5.49. The molecule has 0 bridgehead atoms. The van der Waals surface area contributed by atoms with Crippen LogP contribution in [0.15, 0.2) is 18.2 Å². The Morgan fingerprint density at radius 1 is 1.50 bits per heavy atom. The normalized spacial score (nSPS) is 14.0. The van der Waals surface area contributed by atoms with E-state index in [0.29, 0.717) is 0 Å². The molecule has 1 aromatic heterocycles. The van der Waals surface area contributed by atoms with Crippen molar-refractivity contribution in [3.8, 4) is 0 Å². The molecule has 0 saturated carbocycles. The molecule has 6 heteroatoms. The number of halogens is 1. The molecule has 0 aliphatic rings. The molecule has 2 unspecified atom stereocenters. The summed E-state index contributed by atoms with van der Waals surface area (Å²) < 4.78 is 4.80. The van der Waals surface area contributed by atoms with Gasteiger partial charge in [-0.2, -0.15) is 0 Å². The lowest BCUT2D eigenvalue weighted by atomic mass is 10.1. The first kappa shape index (κ1) is 14.9. The number of carbonyl (C=O) groups is 1. The summed E-state index contributed by atoms with van der Waals surface area (Å²) in [6, 6.07) is 4.60. The SMILES string of the molecule is CCOC(=O)c1cccc(C(O)C(O)CCCl)n1. The molecule has 0 aliphatic heterocycles. The average Bonchev–Trinajstić information content (AvgIpc) is 2.38. The number of aliphatic hydroxyl groups is 2. The van der Waals surface area contributed by atoms with Gasteiger partial charge in [0.05, 0.1) is 18.4 Å². The number of carbonyl (C=O) groups excluding carboxylic acids is 1. The number of pyridine rings is 1. The van der Waals surface area contributed by atoms with E-state index in [2.05, 4.69) is 4.98 Å². The number of rotatable bonds is 6. The van der Waals surface area contributed by atoms with Gasteiger partial charge in [-0.25, -0.2) is 9.78 Å². The fourth-order valence-corrected chi connectivity index (χ4v) is 1.63. The Labute approximate surface area is 110 Å². The minimum absolute atomic E-state index is 0.103. The molecule has 1 aromatic rings. The van der Waals surface area contributed by atoms with E-state index in [1.54, 1.807) is 13.0 Å². The molecule has 0 saturated heterocycles. The molecule has 1 heterocycles. The van der Waals surface area contributed by atoms with Crippen LogP contribution in [0.5, 0.6) is 0 Å². The molecule has 2 N–H and O–H groups in total. The van der Waals surface area contributed by atoms with Crippen molar-refractivity contribution >= 4 is 17.6 Å². The quantitative estimate of drug-likeness (QED) is 0.603. The van der Waals surface area contributed by atoms with Crippen LogP contribution in [-0.4, -0.2) is 39.8 Å². The second kappa shape index (κ2) is 7.31. The third kappa shape index (κ3) is 3.94. The molecule has 18 heavy (non-hydrogen) atoms. The van der Waals surface area contributed by atoms with E-state index < -0.39 is 18.2 Å². The summed E-state index contributed by atoms with van der Waals surface area (Å²) in [6.07, 6.45) is -1.93. The molecule has 0 aromatic carbocycles. The van der Waals surface area contributed by atoms with Gasteiger partial charge in [-0.05, 0) is 25.5 Å². The van der Waals surface area contributed by atoms with Crippen LogP contribution in [0.1, 0.15) is 35.6 Å². The van der Waals surface area contributed by atoms with Crippen molar-refractivity contribution in [1.29, 1.82) is 0 Å². The van der Waals surface area contributed by atoms with Gasteiger partial charge < -0.3 is 14.9 Å². The lowest BCUT2D eigenvalue weighted by Crippen LogP contribution is -2.20. The largest absolute Gasteiger partial charge is 0.461 e. The van der Waals surface area contributed by atoms with Crippen LogP contribution in [-0.2, 0) is 4.74 Å². The monoisotopic (exact) mass is 273 g/mol. The van der Waals surface area contributed by atoms with Gasteiger partial charge in [-0.3, -0.25) is 0 Å². The lowest BCUT2D eigenvalue weighted by molar-refractivity contribution is 0.0141. The molecule has 1 rings (SSSR count). The third-order valence-electron chi connectivity index (χ3n) is 2.33. The number of esters is 1. The number of aromatic nitrogens is 1. The number of nitrogens with zero attached hydrogens (tertiary/aromatic N) is 1. The predicted octanol–water partition coefficient (Wildman–Crippen LogP) is 1.28. The number of ether oxygens (including phenoxy) is 1. The first-order valence-electron chi connectivity index (χ1n) is 5.66. The maximum Gasteiger partial charge on any atom is 0.356 e. The summed E-state index contributed by atoms with van der Waals surface area (Å²) in [5.74, 6) is -0.325. The minimum atomic E-state index is -1.17. The van der Waals surface area contributed by atoms with Crippen LogP contribution < -0.4 is 0 Å². The van der Waals surface area contributed by atoms with E-state index >= 15 is 0 Å². The van der Waals surface area contributed by atoms with E-state index in [1.807, 2.05) is 0 Å². The molecule has 0 amide bonds. The van der Waals surface area contributed by atoms with E-state index in [-0.39, 0.29) is 30.3 Å². The third-order valence-corrected chi connectivity index (χ3v) is 2.55. The van der Waals surface area contributed by atoms with E-state index in [4.69, 9.17) is 16.3 Å². The van der Waals surface area contributed by atoms with Gasteiger partial charge in [0.1, 0.15) is 11.8 Å². The van der Waals surface area contributed by atoms with Crippen LogP contribution in [0.2, 0.25) is 0 Å². The van der Waals surface area contributed by atoms with Crippen molar-refractivity contribution in [3.63, 3.8) is 0 Å².